The van der Waals surface area contributed by atoms with Gasteiger partial charge in [0, 0.05) is 44.7 Å². The highest BCUT2D eigenvalue weighted by Crippen LogP contribution is 2.43. The molecule has 6 aromatic rings. The summed E-state index contributed by atoms with van der Waals surface area (Å²) in [6, 6.07) is 25.7. The van der Waals surface area contributed by atoms with Gasteiger partial charge in [-0.2, -0.15) is 0 Å². The maximum Gasteiger partial charge on any atom is 0.326 e. The highest BCUT2D eigenvalue weighted by atomic mass is 35.5. The predicted octanol–water partition coefficient (Wildman–Crippen LogP) is 9.09. The Balaban J connectivity index is 0.000000192. The molecule has 2 N–H and O–H groups in total. The van der Waals surface area contributed by atoms with Crippen molar-refractivity contribution >= 4 is 47.0 Å². The van der Waals surface area contributed by atoms with Gasteiger partial charge in [-0.3, -0.25) is 19.6 Å². The van der Waals surface area contributed by atoms with E-state index in [2.05, 4.69) is 15.0 Å². The summed E-state index contributed by atoms with van der Waals surface area (Å²) in [4.78, 5) is 66.3. The molecule has 16 heteroatoms. The minimum atomic E-state index is -1.05. The minimum Gasteiger partial charge on any atom is -0.496 e. The number of pyridine rings is 1. The Morgan fingerprint density at radius 1 is 0.578 bits per heavy atom. The lowest BCUT2D eigenvalue weighted by molar-refractivity contribution is -0.142. The number of ether oxygens (including phenoxy) is 3. The van der Waals surface area contributed by atoms with Crippen molar-refractivity contribution in [1.29, 1.82) is 0 Å². The predicted molar refractivity (Wildman–Crippen MR) is 239 cm³/mol. The fourth-order valence-electron chi connectivity index (χ4n) is 8.30. The lowest BCUT2D eigenvalue weighted by Crippen LogP contribution is -2.42. The summed E-state index contributed by atoms with van der Waals surface area (Å²) in [6.07, 6.45) is 7.83. The molecule has 2 fully saturated rings. The van der Waals surface area contributed by atoms with Crippen LogP contribution in [0.2, 0.25) is 10.0 Å². The van der Waals surface area contributed by atoms with Gasteiger partial charge in [0.1, 0.15) is 35.0 Å². The molecule has 4 atom stereocenters. The maximum absolute atomic E-state index is 13.6. The number of amides is 2. The van der Waals surface area contributed by atoms with Crippen molar-refractivity contribution in [3.05, 3.63) is 154 Å². The van der Waals surface area contributed by atoms with E-state index < -0.39 is 47.9 Å². The molecule has 2 aliphatic rings. The van der Waals surface area contributed by atoms with Crippen molar-refractivity contribution in [3.8, 4) is 39.6 Å². The van der Waals surface area contributed by atoms with Gasteiger partial charge in [0.05, 0.1) is 51.5 Å². The summed E-state index contributed by atoms with van der Waals surface area (Å²) < 4.78 is 16.3. The lowest BCUT2D eigenvalue weighted by Gasteiger charge is -2.29. The van der Waals surface area contributed by atoms with Crippen molar-refractivity contribution in [1.82, 2.24) is 24.8 Å². The summed E-state index contributed by atoms with van der Waals surface area (Å²) in [6.45, 7) is 0. The second-order valence-corrected chi connectivity index (χ2v) is 15.7. The van der Waals surface area contributed by atoms with Gasteiger partial charge in [0.15, 0.2) is 0 Å². The summed E-state index contributed by atoms with van der Waals surface area (Å²) in [7, 11) is 4.65. The number of carbonyl (C=O) groups is 4. The van der Waals surface area contributed by atoms with Gasteiger partial charge < -0.3 is 34.2 Å². The first-order valence-corrected chi connectivity index (χ1v) is 20.9. The number of aromatic nitrogens is 3. The van der Waals surface area contributed by atoms with Crippen LogP contribution in [0, 0.1) is 0 Å². The number of hydrogen-bond acceptors (Lipinski definition) is 10. The molecule has 0 saturated carbocycles. The number of carboxylic acid groups (broad SMARTS) is 2. The second kappa shape index (κ2) is 20.0. The molecule has 0 aliphatic carbocycles. The summed E-state index contributed by atoms with van der Waals surface area (Å²) in [5.74, 6) is -1.27. The number of carbonyl (C=O) groups excluding carboxylic acids is 2. The van der Waals surface area contributed by atoms with E-state index in [4.69, 9.17) is 37.4 Å². The van der Waals surface area contributed by atoms with E-state index >= 15 is 0 Å². The number of halogens is 2. The third-order valence-corrected chi connectivity index (χ3v) is 12.0. The maximum atomic E-state index is 13.6. The van der Waals surface area contributed by atoms with Crippen LogP contribution in [0.15, 0.2) is 122 Å². The first-order valence-electron chi connectivity index (χ1n) is 20.2. The minimum absolute atomic E-state index is 0.0730. The molecule has 64 heavy (non-hydrogen) atoms. The zero-order valence-electron chi connectivity index (χ0n) is 34.9. The van der Waals surface area contributed by atoms with E-state index in [-0.39, 0.29) is 5.69 Å². The van der Waals surface area contributed by atoms with Crippen molar-refractivity contribution in [2.75, 3.05) is 21.3 Å². The van der Waals surface area contributed by atoms with Crippen molar-refractivity contribution < 1.29 is 43.6 Å². The number of benzene rings is 4. The number of rotatable bonds is 11. The topological polar surface area (TPSA) is 182 Å². The van der Waals surface area contributed by atoms with Crippen LogP contribution in [0.5, 0.6) is 17.2 Å². The van der Waals surface area contributed by atoms with Gasteiger partial charge in [-0.1, -0.05) is 71.7 Å². The third-order valence-electron chi connectivity index (χ3n) is 11.3. The number of aliphatic carboxylic acids is 2. The van der Waals surface area contributed by atoms with Crippen molar-refractivity contribution in [2.45, 2.75) is 49.9 Å². The van der Waals surface area contributed by atoms with Crippen LogP contribution in [0.25, 0.3) is 22.4 Å². The smallest absolute Gasteiger partial charge is 0.326 e. The van der Waals surface area contributed by atoms with Gasteiger partial charge in [0.2, 0.25) is 0 Å². The zero-order chi connectivity index (χ0) is 45.5. The summed E-state index contributed by atoms with van der Waals surface area (Å²) in [5, 5.41) is 20.5. The average molecular weight is 905 g/mol. The monoisotopic (exact) mass is 903 g/mol. The Labute approximate surface area is 379 Å². The van der Waals surface area contributed by atoms with Gasteiger partial charge in [-0.15, -0.1) is 0 Å². The molecule has 328 valence electrons. The van der Waals surface area contributed by atoms with Crippen LogP contribution in [-0.2, 0) is 9.59 Å². The largest absolute Gasteiger partial charge is 0.496 e. The first kappa shape index (κ1) is 45.0. The van der Waals surface area contributed by atoms with Crippen LogP contribution in [-0.4, -0.2) is 92.1 Å². The number of methoxy groups -OCH3 is 3. The van der Waals surface area contributed by atoms with Crippen LogP contribution in [0.3, 0.4) is 0 Å². The quantitative estimate of drug-likeness (QED) is 0.126. The number of carboxylic acids is 2. The molecular formula is C48H43Cl2N5O9. The molecule has 0 radical (unpaired) electrons. The van der Waals surface area contributed by atoms with Crippen LogP contribution >= 0.6 is 23.2 Å². The van der Waals surface area contributed by atoms with E-state index in [9.17, 15) is 29.4 Å². The Bertz CT molecular complexity index is 2680. The summed E-state index contributed by atoms with van der Waals surface area (Å²) in [5.41, 5.74) is 4.57. The number of para-hydroxylation sites is 1. The average Bonchev–Trinajstić information content (AvgIpc) is 3.98. The molecular weight excluding hydrogens is 861 g/mol. The van der Waals surface area contributed by atoms with E-state index in [1.165, 1.54) is 29.3 Å². The molecule has 2 aromatic heterocycles. The Kier molecular flexibility index (Phi) is 14.1. The Hall–Kier alpha value is -7.03. The van der Waals surface area contributed by atoms with Crippen LogP contribution in [0.4, 0.5) is 0 Å². The van der Waals surface area contributed by atoms with Gasteiger partial charge in [-0.25, -0.2) is 14.6 Å². The van der Waals surface area contributed by atoms with E-state index in [0.717, 1.165) is 22.3 Å². The molecule has 2 aliphatic heterocycles. The van der Waals surface area contributed by atoms with Gasteiger partial charge in [0.25, 0.3) is 11.8 Å². The molecule has 0 unspecified atom stereocenters. The van der Waals surface area contributed by atoms with Crippen molar-refractivity contribution in [2.24, 2.45) is 0 Å². The SMILES string of the molecule is COc1cc(C(=O)N2[C@@H](c3ccccc3Cl)CC[C@H]2C(=O)O)ccc1-c1cnccc1OC.COc1ccccc1-c1cnc(C(=O)N2[C@@H](c3ccccc3Cl)CC[C@H]2C(=O)O)cn1. The highest BCUT2D eigenvalue weighted by Gasteiger charge is 2.44. The van der Waals surface area contributed by atoms with E-state index in [1.807, 2.05) is 48.5 Å². The molecule has 4 heterocycles. The van der Waals surface area contributed by atoms with Crippen LogP contribution in [0.1, 0.15) is 69.7 Å². The molecule has 0 bridgehead atoms. The molecule has 2 saturated heterocycles. The number of likely N-dealkylation sites (tertiary alicyclic amines) is 2. The molecule has 2 amide bonds. The molecule has 4 aromatic carbocycles. The fraction of sp³-hybridized carbons (Fsp3) is 0.229. The van der Waals surface area contributed by atoms with E-state index in [1.54, 1.807) is 75.1 Å². The van der Waals surface area contributed by atoms with Crippen molar-refractivity contribution in [3.63, 3.8) is 0 Å². The molecule has 14 nitrogen and oxygen atoms in total. The zero-order valence-corrected chi connectivity index (χ0v) is 36.4. The molecule has 0 spiro atoms. The number of nitrogens with zero attached hydrogens (tertiary/aromatic N) is 5. The van der Waals surface area contributed by atoms with Gasteiger partial charge in [-0.05, 0) is 85.3 Å². The normalized spacial score (nSPS) is 17.8. The van der Waals surface area contributed by atoms with E-state index in [0.29, 0.717) is 69.8 Å². The first-order chi connectivity index (χ1) is 31.0. The second-order valence-electron chi connectivity index (χ2n) is 14.8. The summed E-state index contributed by atoms with van der Waals surface area (Å²) >= 11 is 12.7. The Morgan fingerprint density at radius 3 is 1.67 bits per heavy atom. The third kappa shape index (κ3) is 9.19. The molecule has 8 rings (SSSR count). The van der Waals surface area contributed by atoms with Crippen LogP contribution < -0.4 is 14.2 Å². The standard InChI is InChI=1S/C25H23ClN2O5.C23H20ClN3O4/c1-32-22-11-12-27-14-18(22)16-8-7-15(13-23(16)33-2)24(29)28-20(9-10-21(28)25(30)31)17-5-3-4-6-19(17)26;1-31-21-9-5-3-7-15(21)17-12-26-18(13-25-17)22(28)27-19(10-11-20(27)23(29)30)14-6-2-4-8-16(14)24/h3-8,11-14,20-21H,9-10H2,1-2H3,(H,30,31);2-9,12-13,19-20H,10-11H2,1H3,(H,29,30)/t20-,21+;19-,20+/m11/s1. The lowest BCUT2D eigenvalue weighted by atomic mass is 10.0. The fourth-order valence-corrected chi connectivity index (χ4v) is 8.82. The highest BCUT2D eigenvalue weighted by molar-refractivity contribution is 6.31. The van der Waals surface area contributed by atoms with Gasteiger partial charge >= 0.3 is 11.9 Å². The Morgan fingerprint density at radius 2 is 1.12 bits per heavy atom. The number of hydrogen-bond donors (Lipinski definition) is 2.